The van der Waals surface area contributed by atoms with Crippen LogP contribution >= 0.6 is 0 Å². The first-order chi connectivity index (χ1) is 8.87. The normalized spacial score (nSPS) is 30.8. The van der Waals surface area contributed by atoms with Gasteiger partial charge >= 0.3 is 0 Å². The number of rotatable bonds is 4. The molecule has 118 valence electrons. The number of piperazine rings is 1. The van der Waals surface area contributed by atoms with Crippen molar-refractivity contribution < 1.29 is 33.4 Å². The summed E-state index contributed by atoms with van der Waals surface area (Å²) in [4.78, 5) is 12.3. The van der Waals surface area contributed by atoms with Crippen LogP contribution in [0, 0.1) is 17.3 Å². The first-order valence-electron chi connectivity index (χ1n) is 7.74. The molecule has 1 saturated carbocycles. The molecule has 2 atom stereocenters. The fourth-order valence-electron chi connectivity index (χ4n) is 3.73. The van der Waals surface area contributed by atoms with Gasteiger partial charge in [-0.3, -0.25) is 4.79 Å². The van der Waals surface area contributed by atoms with Gasteiger partial charge in [0.1, 0.15) is 13.1 Å². The van der Waals surface area contributed by atoms with E-state index in [0.29, 0.717) is 22.3 Å². The number of likely N-dealkylation sites (N-methyl/N-ethyl adjacent to an activating group) is 1. The Labute approximate surface area is 140 Å². The molecule has 1 heterocycles. The zero-order valence-corrected chi connectivity index (χ0v) is 15.5. The predicted octanol–water partition coefficient (Wildman–Crippen LogP) is -1.47. The van der Waals surface area contributed by atoms with Crippen LogP contribution in [0.2, 0.25) is 0 Å². The van der Waals surface area contributed by atoms with Crippen molar-refractivity contribution in [1.82, 2.24) is 10.7 Å². The number of halogens is 1. The van der Waals surface area contributed by atoms with Gasteiger partial charge in [0.15, 0.2) is 0 Å². The van der Waals surface area contributed by atoms with E-state index in [1.165, 1.54) is 12.8 Å². The summed E-state index contributed by atoms with van der Waals surface area (Å²) >= 11 is 0. The SMILES string of the molecule is CCC1CC(CC(=O)N[N+]2(C)CCNCC2)C1(C)C.[I-]. The number of amides is 1. The molecule has 0 aromatic carbocycles. The van der Waals surface area contributed by atoms with Crippen LogP contribution in [0.25, 0.3) is 0 Å². The van der Waals surface area contributed by atoms with Crippen molar-refractivity contribution in [2.24, 2.45) is 17.3 Å². The van der Waals surface area contributed by atoms with Crippen molar-refractivity contribution in [1.29, 1.82) is 0 Å². The van der Waals surface area contributed by atoms with E-state index in [9.17, 15) is 4.79 Å². The third kappa shape index (κ3) is 3.85. The number of carbonyl (C=O) groups excluding carboxylic acids is 1. The highest BCUT2D eigenvalue weighted by Gasteiger charge is 2.47. The number of nitrogens with zero attached hydrogens (tertiary/aromatic N) is 1. The first-order valence-corrected chi connectivity index (χ1v) is 7.74. The van der Waals surface area contributed by atoms with Crippen LogP contribution in [-0.2, 0) is 4.79 Å². The summed E-state index contributed by atoms with van der Waals surface area (Å²) < 4.78 is 0.691. The lowest BCUT2D eigenvalue weighted by Crippen LogP contribution is -3.00. The molecule has 1 aliphatic carbocycles. The van der Waals surface area contributed by atoms with Crippen LogP contribution in [0.3, 0.4) is 0 Å². The van der Waals surface area contributed by atoms with Gasteiger partial charge in [0.25, 0.3) is 5.91 Å². The van der Waals surface area contributed by atoms with E-state index in [4.69, 9.17) is 0 Å². The van der Waals surface area contributed by atoms with Gasteiger partial charge in [-0.1, -0.05) is 27.2 Å². The number of hydrogen-bond acceptors (Lipinski definition) is 2. The van der Waals surface area contributed by atoms with Crippen molar-refractivity contribution in [3.05, 3.63) is 0 Å². The summed E-state index contributed by atoms with van der Waals surface area (Å²) in [6.45, 7) is 10.9. The zero-order valence-electron chi connectivity index (χ0n) is 13.3. The molecule has 0 bridgehead atoms. The Bertz CT molecular complexity index is 340. The second-order valence-corrected chi connectivity index (χ2v) is 7.19. The Morgan fingerprint density at radius 3 is 2.40 bits per heavy atom. The predicted molar refractivity (Wildman–Crippen MR) is 77.2 cm³/mol. The van der Waals surface area contributed by atoms with Gasteiger partial charge in [-0.2, -0.15) is 0 Å². The largest absolute Gasteiger partial charge is 1.00 e. The van der Waals surface area contributed by atoms with Crippen LogP contribution in [0.15, 0.2) is 0 Å². The molecule has 2 aliphatic rings. The second kappa shape index (κ2) is 6.92. The van der Waals surface area contributed by atoms with Gasteiger partial charge in [-0.15, -0.1) is 0 Å². The third-order valence-corrected chi connectivity index (χ3v) is 5.56. The second-order valence-electron chi connectivity index (χ2n) is 7.19. The van der Waals surface area contributed by atoms with Gasteiger partial charge in [0.05, 0.1) is 7.05 Å². The maximum Gasteiger partial charge on any atom is 0.265 e. The molecule has 0 aromatic heterocycles. The average Bonchev–Trinajstić information content (AvgIpc) is 2.34. The minimum Gasteiger partial charge on any atom is -1.00 e. The van der Waals surface area contributed by atoms with E-state index in [1.54, 1.807) is 0 Å². The Hall–Kier alpha value is 0.120. The van der Waals surface area contributed by atoms with Crippen LogP contribution in [0.5, 0.6) is 0 Å². The lowest BCUT2D eigenvalue weighted by molar-refractivity contribution is -0.945. The Morgan fingerprint density at radius 1 is 1.30 bits per heavy atom. The molecule has 2 unspecified atom stereocenters. The van der Waals surface area contributed by atoms with Gasteiger partial charge in [-0.05, 0) is 23.7 Å². The van der Waals surface area contributed by atoms with Crippen LogP contribution in [0.4, 0.5) is 0 Å². The highest BCUT2D eigenvalue weighted by Crippen LogP contribution is 2.54. The molecule has 1 saturated heterocycles. The zero-order chi connectivity index (χ0) is 14.1. The van der Waals surface area contributed by atoms with E-state index in [0.717, 1.165) is 32.1 Å². The van der Waals surface area contributed by atoms with E-state index in [-0.39, 0.29) is 29.9 Å². The highest BCUT2D eigenvalue weighted by atomic mass is 127. The summed E-state index contributed by atoms with van der Waals surface area (Å²) in [7, 11) is 2.12. The Morgan fingerprint density at radius 2 is 1.90 bits per heavy atom. The van der Waals surface area contributed by atoms with Crippen LogP contribution in [-0.4, -0.2) is 43.7 Å². The summed E-state index contributed by atoms with van der Waals surface area (Å²) in [6.07, 6.45) is 3.16. The monoisotopic (exact) mass is 395 g/mol. The van der Waals surface area contributed by atoms with E-state index < -0.39 is 0 Å². The maximum absolute atomic E-state index is 12.3. The van der Waals surface area contributed by atoms with E-state index in [2.05, 4.69) is 38.6 Å². The molecule has 4 nitrogen and oxygen atoms in total. The van der Waals surface area contributed by atoms with Crippen molar-refractivity contribution >= 4 is 5.91 Å². The third-order valence-electron chi connectivity index (χ3n) is 5.56. The topological polar surface area (TPSA) is 41.1 Å². The molecular formula is C15H30IN3O. The molecule has 1 aliphatic heterocycles. The lowest BCUT2D eigenvalue weighted by atomic mass is 9.53. The quantitative estimate of drug-likeness (QED) is 0.451. The molecule has 2 N–H and O–H groups in total. The molecule has 0 aromatic rings. The molecule has 1 amide bonds. The summed E-state index contributed by atoms with van der Waals surface area (Å²) in [5.41, 5.74) is 3.56. The molecule has 20 heavy (non-hydrogen) atoms. The van der Waals surface area contributed by atoms with Crippen molar-refractivity contribution in [3.8, 4) is 0 Å². The summed E-state index contributed by atoms with van der Waals surface area (Å²) in [6, 6.07) is 0. The standard InChI is InChI=1S/C15H29N3O.HI/c1-5-12-10-13(15(12,2)3)11-14(19)17-18(4)8-6-16-7-9-18;/h12-13,16H,5-11H2,1-4H3;1H. The number of carbonyl (C=O) groups is 1. The van der Waals surface area contributed by atoms with Gasteiger partial charge < -0.3 is 29.3 Å². The smallest absolute Gasteiger partial charge is 0.265 e. The molecule has 2 fully saturated rings. The van der Waals surface area contributed by atoms with Crippen molar-refractivity contribution in [3.63, 3.8) is 0 Å². The Balaban J connectivity index is 0.00000200. The number of quaternary nitrogens is 1. The molecule has 0 spiro atoms. The Kier molecular flexibility index (Phi) is 6.29. The van der Waals surface area contributed by atoms with Crippen molar-refractivity contribution in [2.75, 3.05) is 33.2 Å². The molecule has 5 heteroatoms. The number of nitrogens with one attached hydrogen (secondary N) is 2. The molecular weight excluding hydrogens is 365 g/mol. The minimum absolute atomic E-state index is 0. The fraction of sp³-hybridized carbons (Fsp3) is 0.933. The number of hydrogen-bond donors (Lipinski definition) is 2. The fourth-order valence-corrected chi connectivity index (χ4v) is 3.73. The van der Waals surface area contributed by atoms with Gasteiger partial charge in [0, 0.05) is 19.5 Å². The average molecular weight is 395 g/mol. The van der Waals surface area contributed by atoms with Crippen molar-refractivity contribution in [2.45, 2.75) is 40.0 Å². The van der Waals surface area contributed by atoms with Crippen LogP contribution < -0.4 is 34.7 Å². The van der Waals surface area contributed by atoms with Gasteiger partial charge in [0.2, 0.25) is 0 Å². The maximum atomic E-state index is 12.3. The first kappa shape index (κ1) is 18.2. The highest BCUT2D eigenvalue weighted by molar-refractivity contribution is 5.75. The summed E-state index contributed by atoms with van der Waals surface area (Å²) in [5, 5.41) is 3.34. The molecule has 2 rings (SSSR count). The van der Waals surface area contributed by atoms with E-state index >= 15 is 0 Å². The van der Waals surface area contributed by atoms with Gasteiger partial charge in [-0.25, -0.2) is 10.0 Å². The van der Waals surface area contributed by atoms with E-state index in [1.807, 2.05) is 0 Å². The summed E-state index contributed by atoms with van der Waals surface area (Å²) in [5.74, 6) is 1.60. The van der Waals surface area contributed by atoms with Crippen LogP contribution in [0.1, 0.15) is 40.0 Å². The lowest BCUT2D eigenvalue weighted by Gasteiger charge is -2.52. The molecule has 0 radical (unpaired) electrons. The minimum atomic E-state index is 0.